The van der Waals surface area contributed by atoms with Crippen molar-refractivity contribution in [3.63, 3.8) is 0 Å². The largest absolute Gasteiger partial charge is 0.460 e. The van der Waals surface area contributed by atoms with Gasteiger partial charge in [-0.2, -0.15) is 0 Å². The fourth-order valence-corrected chi connectivity index (χ4v) is 5.26. The standard InChI is InChI=1S/C23H22ClN3O6S/c1-4-32-22(28)21-11-8-17(33-21)14-27(16-7-5-6-15(24)12-16)34(30,31)18-9-10-19-20(13-18)26(3)23(29)25(19)2/h5-13H,4,14H2,1-3H3. The Morgan fingerprint density at radius 1 is 1.06 bits per heavy atom. The van der Waals surface area contributed by atoms with Crippen molar-refractivity contribution in [2.75, 3.05) is 10.9 Å². The SMILES string of the molecule is CCOC(=O)c1ccc(CN(c2cccc(Cl)c2)S(=O)(=O)c2ccc3c(c2)n(C)c(=O)n3C)o1. The van der Waals surface area contributed by atoms with E-state index in [-0.39, 0.29) is 35.3 Å². The number of esters is 1. The Kier molecular flexibility index (Phi) is 6.28. The van der Waals surface area contributed by atoms with E-state index in [4.69, 9.17) is 20.8 Å². The van der Waals surface area contributed by atoms with Gasteiger partial charge >= 0.3 is 11.7 Å². The highest BCUT2D eigenvalue weighted by Crippen LogP contribution is 2.30. The average Bonchev–Trinajstić information content (AvgIpc) is 3.37. The summed E-state index contributed by atoms with van der Waals surface area (Å²) in [4.78, 5) is 24.2. The first-order valence-corrected chi connectivity index (χ1v) is 12.1. The molecule has 0 aliphatic carbocycles. The van der Waals surface area contributed by atoms with E-state index in [1.807, 2.05) is 0 Å². The number of carbonyl (C=O) groups is 1. The number of anilines is 1. The number of aryl methyl sites for hydroxylation is 2. The van der Waals surface area contributed by atoms with E-state index >= 15 is 0 Å². The van der Waals surface area contributed by atoms with Gasteiger partial charge in [0.25, 0.3) is 10.0 Å². The van der Waals surface area contributed by atoms with E-state index in [2.05, 4.69) is 0 Å². The third kappa shape index (κ3) is 4.22. The maximum atomic E-state index is 13.8. The molecule has 0 N–H and O–H groups in total. The van der Waals surface area contributed by atoms with Crippen LogP contribution in [0.25, 0.3) is 11.0 Å². The summed E-state index contributed by atoms with van der Waals surface area (Å²) in [6.45, 7) is 1.66. The zero-order chi connectivity index (χ0) is 24.6. The van der Waals surface area contributed by atoms with Gasteiger partial charge in [-0.3, -0.25) is 13.4 Å². The number of benzene rings is 2. The van der Waals surface area contributed by atoms with Crippen molar-refractivity contribution in [3.8, 4) is 0 Å². The highest BCUT2D eigenvalue weighted by Gasteiger charge is 2.28. The number of hydrogen-bond acceptors (Lipinski definition) is 6. The molecule has 0 saturated carbocycles. The molecule has 4 rings (SSSR count). The van der Waals surface area contributed by atoms with Crippen LogP contribution in [0.2, 0.25) is 5.02 Å². The number of nitrogens with zero attached hydrogens (tertiary/aromatic N) is 3. The molecule has 2 aromatic heterocycles. The van der Waals surface area contributed by atoms with Crippen LogP contribution in [0.5, 0.6) is 0 Å². The van der Waals surface area contributed by atoms with Crippen molar-refractivity contribution < 1.29 is 22.4 Å². The Balaban J connectivity index is 1.80. The lowest BCUT2D eigenvalue weighted by molar-refractivity contribution is 0.0488. The maximum absolute atomic E-state index is 13.8. The number of furan rings is 1. The van der Waals surface area contributed by atoms with Crippen LogP contribution in [-0.2, 0) is 35.4 Å². The Morgan fingerprint density at radius 2 is 1.79 bits per heavy atom. The number of imidazole rings is 1. The van der Waals surface area contributed by atoms with Gasteiger partial charge in [0, 0.05) is 19.1 Å². The molecule has 0 aliphatic rings. The van der Waals surface area contributed by atoms with Gasteiger partial charge in [0.2, 0.25) is 5.76 Å². The molecule has 0 unspecified atom stereocenters. The highest BCUT2D eigenvalue weighted by molar-refractivity contribution is 7.92. The van der Waals surface area contributed by atoms with E-state index in [0.29, 0.717) is 21.7 Å². The van der Waals surface area contributed by atoms with E-state index in [1.165, 1.54) is 39.5 Å². The van der Waals surface area contributed by atoms with Crippen molar-refractivity contribution in [1.29, 1.82) is 0 Å². The summed E-state index contributed by atoms with van der Waals surface area (Å²) < 4.78 is 42.0. The lowest BCUT2D eigenvalue weighted by Crippen LogP contribution is -2.30. The summed E-state index contributed by atoms with van der Waals surface area (Å²) in [5, 5.41) is 0.352. The minimum absolute atomic E-state index is 0.0154. The molecule has 2 heterocycles. The van der Waals surface area contributed by atoms with Crippen LogP contribution in [0.1, 0.15) is 23.2 Å². The number of ether oxygens (including phenoxy) is 1. The second-order valence-corrected chi connectivity index (χ2v) is 9.83. The van der Waals surface area contributed by atoms with Gasteiger partial charge in [-0.05, 0) is 55.5 Å². The molecular formula is C23H22ClN3O6S. The van der Waals surface area contributed by atoms with E-state index < -0.39 is 16.0 Å². The fraction of sp³-hybridized carbons (Fsp3) is 0.217. The molecular weight excluding hydrogens is 482 g/mol. The van der Waals surface area contributed by atoms with Crippen molar-refractivity contribution in [2.45, 2.75) is 18.4 Å². The molecule has 0 amide bonds. The molecule has 0 bridgehead atoms. The minimum Gasteiger partial charge on any atom is -0.460 e. The summed E-state index contributed by atoms with van der Waals surface area (Å²) in [5.74, 6) is -0.429. The van der Waals surface area contributed by atoms with Gasteiger partial charge < -0.3 is 9.15 Å². The number of sulfonamides is 1. The smallest absolute Gasteiger partial charge is 0.374 e. The Hall–Kier alpha value is -3.50. The average molecular weight is 504 g/mol. The van der Waals surface area contributed by atoms with Crippen LogP contribution < -0.4 is 9.99 Å². The molecule has 2 aromatic carbocycles. The number of fused-ring (bicyclic) bond motifs is 1. The Labute approximate surface area is 200 Å². The summed E-state index contributed by atoms with van der Waals surface area (Å²) in [6.07, 6.45) is 0. The summed E-state index contributed by atoms with van der Waals surface area (Å²) in [6, 6.07) is 13.8. The lowest BCUT2D eigenvalue weighted by Gasteiger charge is -2.24. The van der Waals surface area contributed by atoms with Crippen LogP contribution in [0.15, 0.2) is 68.7 Å². The summed E-state index contributed by atoms with van der Waals surface area (Å²) >= 11 is 6.14. The normalized spacial score (nSPS) is 11.6. The number of rotatable bonds is 7. The molecule has 0 saturated heterocycles. The van der Waals surface area contributed by atoms with Gasteiger partial charge in [-0.15, -0.1) is 0 Å². The zero-order valence-corrected chi connectivity index (χ0v) is 20.3. The van der Waals surface area contributed by atoms with Gasteiger partial charge in [-0.1, -0.05) is 17.7 Å². The quantitative estimate of drug-likeness (QED) is 0.356. The van der Waals surface area contributed by atoms with Crippen LogP contribution in [-0.4, -0.2) is 30.1 Å². The monoisotopic (exact) mass is 503 g/mol. The molecule has 34 heavy (non-hydrogen) atoms. The summed E-state index contributed by atoms with van der Waals surface area (Å²) in [5.41, 5.74) is 1.12. The van der Waals surface area contributed by atoms with Gasteiger partial charge in [0.15, 0.2) is 0 Å². The highest BCUT2D eigenvalue weighted by atomic mass is 35.5. The minimum atomic E-state index is -4.13. The first-order valence-electron chi connectivity index (χ1n) is 10.3. The number of hydrogen-bond donors (Lipinski definition) is 0. The zero-order valence-electron chi connectivity index (χ0n) is 18.7. The molecule has 0 fully saturated rings. The lowest BCUT2D eigenvalue weighted by atomic mass is 10.3. The van der Waals surface area contributed by atoms with Gasteiger partial charge in [-0.25, -0.2) is 18.0 Å². The first-order chi connectivity index (χ1) is 16.1. The molecule has 0 aliphatic heterocycles. The first kappa shape index (κ1) is 23.7. The predicted octanol–water partition coefficient (Wildman–Crippen LogP) is 3.70. The molecule has 178 valence electrons. The van der Waals surface area contributed by atoms with Crippen molar-refractivity contribution in [2.24, 2.45) is 14.1 Å². The van der Waals surface area contributed by atoms with E-state index in [0.717, 1.165) is 4.31 Å². The molecule has 0 atom stereocenters. The number of aromatic nitrogens is 2. The van der Waals surface area contributed by atoms with E-state index in [9.17, 15) is 18.0 Å². The van der Waals surface area contributed by atoms with Crippen LogP contribution >= 0.6 is 11.6 Å². The molecule has 0 spiro atoms. The van der Waals surface area contributed by atoms with Crippen molar-refractivity contribution >= 4 is 44.3 Å². The van der Waals surface area contributed by atoms with Crippen LogP contribution in [0.3, 0.4) is 0 Å². The molecule has 4 aromatic rings. The molecule has 9 nitrogen and oxygen atoms in total. The summed E-state index contributed by atoms with van der Waals surface area (Å²) in [7, 11) is -0.929. The third-order valence-electron chi connectivity index (χ3n) is 5.37. The van der Waals surface area contributed by atoms with Crippen molar-refractivity contribution in [1.82, 2.24) is 9.13 Å². The van der Waals surface area contributed by atoms with Crippen LogP contribution in [0, 0.1) is 0 Å². The topological polar surface area (TPSA) is 104 Å². The second kappa shape index (κ2) is 9.03. The Morgan fingerprint density at radius 3 is 2.50 bits per heavy atom. The van der Waals surface area contributed by atoms with Gasteiger partial charge in [0.05, 0.1) is 34.8 Å². The van der Waals surface area contributed by atoms with Crippen LogP contribution in [0.4, 0.5) is 5.69 Å². The van der Waals surface area contributed by atoms with Crippen molar-refractivity contribution in [3.05, 3.63) is 81.6 Å². The predicted molar refractivity (Wildman–Crippen MR) is 128 cm³/mol. The number of halogens is 1. The Bertz CT molecular complexity index is 1550. The fourth-order valence-electron chi connectivity index (χ4n) is 3.64. The third-order valence-corrected chi connectivity index (χ3v) is 7.37. The van der Waals surface area contributed by atoms with E-state index in [1.54, 1.807) is 45.3 Å². The second-order valence-electron chi connectivity index (χ2n) is 7.53. The molecule has 0 radical (unpaired) electrons. The maximum Gasteiger partial charge on any atom is 0.374 e. The number of carbonyl (C=O) groups excluding carboxylic acids is 1. The molecule has 11 heteroatoms. The van der Waals surface area contributed by atoms with Gasteiger partial charge in [0.1, 0.15) is 5.76 Å².